The van der Waals surface area contributed by atoms with Gasteiger partial charge in [0.05, 0.1) is 29.3 Å². The SMILES string of the molecule is Cc1cc(NC(=O)c2c(F)cc(NS(=O)(=O)CCO)cc2N2CC[C@]3(C)C[C@@H]3C2)nc(N2CCC(F)(F)CC2)n1. The lowest BCUT2D eigenvalue weighted by Gasteiger charge is -2.33. The van der Waals surface area contributed by atoms with Gasteiger partial charge in [-0.25, -0.2) is 26.6 Å². The summed E-state index contributed by atoms with van der Waals surface area (Å²) in [4.78, 5) is 25.7. The molecular formula is C26H33F3N6O4S. The van der Waals surface area contributed by atoms with Gasteiger partial charge in [-0.1, -0.05) is 6.92 Å². The minimum atomic E-state index is -3.92. The van der Waals surface area contributed by atoms with Gasteiger partial charge < -0.3 is 20.2 Å². The smallest absolute Gasteiger partial charge is 0.261 e. The number of benzene rings is 1. The number of amides is 1. The fourth-order valence-corrected chi connectivity index (χ4v) is 6.33. The molecule has 14 heteroatoms. The number of halogens is 3. The van der Waals surface area contributed by atoms with E-state index in [4.69, 9.17) is 5.11 Å². The van der Waals surface area contributed by atoms with Crippen LogP contribution < -0.4 is 19.8 Å². The Morgan fingerprint density at radius 1 is 1.12 bits per heavy atom. The summed E-state index contributed by atoms with van der Waals surface area (Å²) >= 11 is 0. The Balaban J connectivity index is 1.44. The lowest BCUT2D eigenvalue weighted by atomic mass is 9.96. The van der Waals surface area contributed by atoms with Gasteiger partial charge in [0.1, 0.15) is 11.6 Å². The van der Waals surface area contributed by atoms with Crippen molar-refractivity contribution in [1.29, 1.82) is 0 Å². The van der Waals surface area contributed by atoms with Crippen LogP contribution in [0.3, 0.4) is 0 Å². The van der Waals surface area contributed by atoms with E-state index < -0.39 is 40.0 Å². The van der Waals surface area contributed by atoms with E-state index in [-0.39, 0.29) is 60.1 Å². The van der Waals surface area contributed by atoms with Crippen LogP contribution in [0.4, 0.5) is 36.3 Å². The molecule has 1 aromatic carbocycles. The fraction of sp³-hybridized carbons (Fsp3) is 0.577. The van der Waals surface area contributed by atoms with Crippen molar-refractivity contribution in [3.63, 3.8) is 0 Å². The standard InChI is InChI=1S/C26H33F3N6O4S/c1-16-11-21(32-24(30-16)34-7-4-26(28,29)5-8-34)31-23(37)22-19(27)12-18(33-40(38,39)10-9-36)13-20(22)35-6-3-25(2)14-17(25)15-35/h11-13,17,33,36H,3-10,14-15H2,1-2H3,(H,30,31,32,37)/t17-,25-/m1/s1. The molecule has 0 unspecified atom stereocenters. The fourth-order valence-electron chi connectivity index (χ4n) is 5.51. The second kappa shape index (κ2) is 10.4. The van der Waals surface area contributed by atoms with Crippen LogP contribution >= 0.6 is 0 Å². The highest BCUT2D eigenvalue weighted by Gasteiger charge is 2.53. The Morgan fingerprint density at radius 3 is 2.50 bits per heavy atom. The average Bonchev–Trinajstić information content (AvgIpc) is 3.53. The predicted molar refractivity (Wildman–Crippen MR) is 145 cm³/mol. The first-order valence-electron chi connectivity index (χ1n) is 13.3. The minimum Gasteiger partial charge on any atom is -0.395 e. The van der Waals surface area contributed by atoms with Gasteiger partial charge in [-0.05, 0) is 43.2 Å². The van der Waals surface area contributed by atoms with Gasteiger partial charge >= 0.3 is 0 Å². The molecule has 3 aliphatic rings. The normalized spacial score (nSPS) is 23.9. The van der Waals surface area contributed by atoms with Gasteiger partial charge in [-0.15, -0.1) is 0 Å². The number of carbonyl (C=O) groups is 1. The second-order valence-electron chi connectivity index (χ2n) is 11.2. The summed E-state index contributed by atoms with van der Waals surface area (Å²) in [6.45, 7) is 4.56. The Kier molecular flexibility index (Phi) is 7.36. The summed E-state index contributed by atoms with van der Waals surface area (Å²) in [6, 6.07) is 3.87. The first kappa shape index (κ1) is 28.4. The maximum absolute atomic E-state index is 15.6. The molecule has 40 heavy (non-hydrogen) atoms. The van der Waals surface area contributed by atoms with Crippen molar-refractivity contribution < 1.29 is 31.5 Å². The van der Waals surface area contributed by atoms with Crippen molar-refractivity contribution in [3.8, 4) is 0 Å². The summed E-state index contributed by atoms with van der Waals surface area (Å²) in [6.07, 6.45) is 1.22. The van der Waals surface area contributed by atoms with Crippen LogP contribution in [0.25, 0.3) is 0 Å². The third kappa shape index (κ3) is 6.12. The number of alkyl halides is 2. The number of fused-ring (bicyclic) bond motifs is 1. The maximum atomic E-state index is 15.6. The summed E-state index contributed by atoms with van der Waals surface area (Å²) in [5, 5.41) is 11.7. The number of carbonyl (C=O) groups excluding carboxylic acids is 1. The highest BCUT2D eigenvalue weighted by atomic mass is 32.2. The van der Waals surface area contributed by atoms with Crippen LogP contribution in [0.2, 0.25) is 0 Å². The van der Waals surface area contributed by atoms with E-state index in [9.17, 15) is 22.0 Å². The molecule has 1 aromatic heterocycles. The number of piperidine rings is 2. The number of rotatable bonds is 8. The molecular weight excluding hydrogens is 549 g/mol. The molecule has 2 saturated heterocycles. The predicted octanol–water partition coefficient (Wildman–Crippen LogP) is 3.38. The first-order chi connectivity index (χ1) is 18.8. The Morgan fingerprint density at radius 2 is 1.82 bits per heavy atom. The first-order valence-corrected chi connectivity index (χ1v) is 14.9. The van der Waals surface area contributed by atoms with E-state index in [0.717, 1.165) is 18.9 Å². The van der Waals surface area contributed by atoms with Crippen LogP contribution in [0, 0.1) is 24.1 Å². The van der Waals surface area contributed by atoms with E-state index >= 15 is 4.39 Å². The highest BCUT2D eigenvalue weighted by molar-refractivity contribution is 7.92. The highest BCUT2D eigenvalue weighted by Crippen LogP contribution is 2.58. The van der Waals surface area contributed by atoms with Gasteiger partial charge in [0, 0.05) is 50.8 Å². The number of hydrogen-bond donors (Lipinski definition) is 3. The molecule has 3 fully saturated rings. The molecule has 1 amide bonds. The lowest BCUT2D eigenvalue weighted by molar-refractivity contribution is -0.0222. The average molecular weight is 583 g/mol. The van der Waals surface area contributed by atoms with Crippen molar-refractivity contribution in [1.82, 2.24) is 9.97 Å². The van der Waals surface area contributed by atoms with E-state index in [1.165, 1.54) is 12.1 Å². The van der Waals surface area contributed by atoms with Gasteiger partial charge in [0.25, 0.3) is 11.8 Å². The topological polar surface area (TPSA) is 128 Å². The zero-order valence-corrected chi connectivity index (χ0v) is 23.2. The number of hydrogen-bond acceptors (Lipinski definition) is 8. The van der Waals surface area contributed by atoms with E-state index in [1.807, 2.05) is 4.90 Å². The molecule has 2 atom stereocenters. The van der Waals surface area contributed by atoms with Crippen LogP contribution in [-0.4, -0.2) is 73.9 Å². The summed E-state index contributed by atoms with van der Waals surface area (Å²) in [5.74, 6) is -4.32. The van der Waals surface area contributed by atoms with Crippen LogP contribution in [0.1, 0.15) is 48.7 Å². The molecule has 5 rings (SSSR count). The summed E-state index contributed by atoms with van der Waals surface area (Å²) < 4.78 is 69.6. The molecule has 3 heterocycles. The quantitative estimate of drug-likeness (QED) is 0.432. The molecule has 0 bridgehead atoms. The maximum Gasteiger partial charge on any atom is 0.261 e. The van der Waals surface area contributed by atoms with Gasteiger partial charge in [-0.3, -0.25) is 9.52 Å². The number of aromatic nitrogens is 2. The monoisotopic (exact) mass is 582 g/mol. The third-order valence-electron chi connectivity index (χ3n) is 8.06. The minimum absolute atomic E-state index is 0.0521. The molecule has 1 saturated carbocycles. The molecule has 0 radical (unpaired) electrons. The Hall–Kier alpha value is -3.13. The number of anilines is 4. The number of aryl methyl sites for hydroxylation is 1. The van der Waals surface area contributed by atoms with Crippen molar-refractivity contribution in [2.45, 2.75) is 45.5 Å². The number of nitrogens with zero attached hydrogens (tertiary/aromatic N) is 4. The molecule has 10 nitrogen and oxygen atoms in total. The zero-order chi connectivity index (χ0) is 28.9. The van der Waals surface area contributed by atoms with Crippen LogP contribution in [0.15, 0.2) is 18.2 Å². The third-order valence-corrected chi connectivity index (χ3v) is 9.33. The number of aliphatic hydroxyl groups excluding tert-OH is 1. The lowest BCUT2D eigenvalue weighted by Crippen LogP contribution is -2.40. The van der Waals surface area contributed by atoms with Crippen molar-refractivity contribution in [2.24, 2.45) is 11.3 Å². The number of sulfonamides is 1. The molecule has 2 aromatic rings. The summed E-state index contributed by atoms with van der Waals surface area (Å²) in [7, 11) is -3.92. The van der Waals surface area contributed by atoms with Crippen molar-refractivity contribution >= 4 is 39.1 Å². The van der Waals surface area contributed by atoms with Gasteiger partial charge in [0.15, 0.2) is 0 Å². The largest absolute Gasteiger partial charge is 0.395 e. The van der Waals surface area contributed by atoms with Crippen LogP contribution in [0.5, 0.6) is 0 Å². The van der Waals surface area contributed by atoms with E-state index in [2.05, 4.69) is 26.9 Å². The van der Waals surface area contributed by atoms with E-state index in [1.54, 1.807) is 11.8 Å². The Labute approximate surface area is 231 Å². The second-order valence-corrected chi connectivity index (χ2v) is 13.1. The summed E-state index contributed by atoms with van der Waals surface area (Å²) in [5.41, 5.74) is 0.660. The van der Waals surface area contributed by atoms with E-state index in [0.29, 0.717) is 24.7 Å². The molecule has 0 spiro atoms. The Bertz CT molecular complexity index is 1420. The zero-order valence-electron chi connectivity index (χ0n) is 22.4. The molecule has 218 valence electrons. The molecule has 3 N–H and O–H groups in total. The van der Waals surface area contributed by atoms with Crippen molar-refractivity contribution in [3.05, 3.63) is 35.3 Å². The number of aliphatic hydroxyl groups is 1. The van der Waals surface area contributed by atoms with Crippen LogP contribution in [-0.2, 0) is 10.0 Å². The molecule has 2 aliphatic heterocycles. The van der Waals surface area contributed by atoms with Crippen molar-refractivity contribution in [2.75, 3.05) is 58.4 Å². The molecule has 1 aliphatic carbocycles. The number of nitrogens with one attached hydrogen (secondary N) is 2. The van der Waals surface area contributed by atoms with Gasteiger partial charge in [-0.2, -0.15) is 4.98 Å². The van der Waals surface area contributed by atoms with Gasteiger partial charge in [0.2, 0.25) is 16.0 Å².